The fourth-order valence-electron chi connectivity index (χ4n) is 1.36. The molecule has 1 aromatic rings. The molecule has 0 fully saturated rings. The lowest BCUT2D eigenvalue weighted by Crippen LogP contribution is -2.55. The molecular weight excluding hydrogens is 250 g/mol. The molecule has 4 amide bonds. The van der Waals surface area contributed by atoms with Crippen molar-refractivity contribution in [2.45, 2.75) is 19.0 Å². The molecule has 19 heavy (non-hydrogen) atoms. The fraction of sp³-hybridized carbons (Fsp3) is 0.273. The zero-order valence-electron chi connectivity index (χ0n) is 10.3. The summed E-state index contributed by atoms with van der Waals surface area (Å²) in [6.07, 6.45) is 1.58. The first kappa shape index (κ1) is 14.4. The van der Waals surface area contributed by atoms with Crippen molar-refractivity contribution in [3.8, 4) is 0 Å². The predicted octanol–water partition coefficient (Wildman–Crippen LogP) is -1.22. The summed E-state index contributed by atoms with van der Waals surface area (Å²) in [5.74, 6) is -2.04. The summed E-state index contributed by atoms with van der Waals surface area (Å²) in [5, 5.41) is 4.60. The van der Waals surface area contributed by atoms with Crippen LogP contribution >= 0.6 is 0 Å². The number of urea groups is 1. The van der Waals surface area contributed by atoms with Crippen molar-refractivity contribution in [3.63, 3.8) is 0 Å². The number of carbonyl (C=O) groups excluding carboxylic acids is 3. The number of primary amides is 2. The molecule has 0 aliphatic carbocycles. The number of nitrogens with one attached hydrogen (secondary N) is 2. The smallest absolute Gasteiger partial charge is 0.316 e. The Morgan fingerprint density at radius 1 is 1.16 bits per heavy atom. The van der Waals surface area contributed by atoms with Gasteiger partial charge < -0.3 is 22.1 Å². The van der Waals surface area contributed by atoms with Gasteiger partial charge in [-0.25, -0.2) is 4.79 Å². The molecule has 0 spiro atoms. The van der Waals surface area contributed by atoms with E-state index in [2.05, 4.69) is 15.6 Å². The Morgan fingerprint density at radius 2 is 1.79 bits per heavy atom. The van der Waals surface area contributed by atoms with Gasteiger partial charge in [-0.2, -0.15) is 0 Å². The van der Waals surface area contributed by atoms with E-state index >= 15 is 0 Å². The van der Waals surface area contributed by atoms with E-state index in [-0.39, 0.29) is 0 Å². The first-order chi connectivity index (χ1) is 8.91. The second-order valence-electron chi connectivity index (χ2n) is 3.83. The summed E-state index contributed by atoms with van der Waals surface area (Å²) >= 11 is 0. The summed E-state index contributed by atoms with van der Waals surface area (Å²) in [6.45, 7) is 1.70. The Morgan fingerprint density at radius 3 is 2.26 bits per heavy atom. The fourth-order valence-corrected chi connectivity index (χ4v) is 1.36. The van der Waals surface area contributed by atoms with E-state index in [1.807, 2.05) is 0 Å². The predicted molar refractivity (Wildman–Crippen MR) is 66.5 cm³/mol. The standard InChI is InChI=1S/C11H15N5O3/c1-6(7-4-2-3-5-14-7)15-11(19)16-8(9(12)17)10(13)18/h2-6,8H,1H3,(H2,12,17)(H2,13,18)(H2,15,16,19). The van der Waals surface area contributed by atoms with Crippen molar-refractivity contribution in [1.82, 2.24) is 15.6 Å². The Bertz CT molecular complexity index is 462. The molecule has 0 aliphatic rings. The van der Waals surface area contributed by atoms with Crippen molar-refractivity contribution in [1.29, 1.82) is 0 Å². The van der Waals surface area contributed by atoms with Gasteiger partial charge in [-0.05, 0) is 19.1 Å². The maximum atomic E-state index is 11.6. The molecular formula is C11H15N5O3. The van der Waals surface area contributed by atoms with Crippen LogP contribution in [0.25, 0.3) is 0 Å². The number of carbonyl (C=O) groups is 3. The highest BCUT2D eigenvalue weighted by Gasteiger charge is 2.24. The third-order valence-electron chi connectivity index (χ3n) is 2.32. The van der Waals surface area contributed by atoms with Gasteiger partial charge in [-0.15, -0.1) is 0 Å². The minimum atomic E-state index is -1.55. The van der Waals surface area contributed by atoms with Gasteiger partial charge in [0, 0.05) is 6.20 Å². The first-order valence-corrected chi connectivity index (χ1v) is 5.48. The van der Waals surface area contributed by atoms with Crippen molar-refractivity contribution in [3.05, 3.63) is 30.1 Å². The van der Waals surface area contributed by atoms with Crippen LogP contribution in [-0.4, -0.2) is 28.9 Å². The molecule has 1 aromatic heterocycles. The van der Waals surface area contributed by atoms with Crippen LogP contribution in [-0.2, 0) is 9.59 Å². The largest absolute Gasteiger partial charge is 0.367 e. The molecule has 1 atom stereocenters. The molecule has 0 saturated heterocycles. The highest BCUT2D eigenvalue weighted by Crippen LogP contribution is 2.07. The number of nitrogens with two attached hydrogens (primary N) is 2. The average Bonchev–Trinajstić information content (AvgIpc) is 2.36. The van der Waals surface area contributed by atoms with Gasteiger partial charge in [-0.3, -0.25) is 14.6 Å². The topological polar surface area (TPSA) is 140 Å². The zero-order chi connectivity index (χ0) is 14.4. The number of amides is 4. The van der Waals surface area contributed by atoms with E-state index < -0.39 is 29.9 Å². The Balaban J connectivity index is 2.60. The van der Waals surface area contributed by atoms with Crippen molar-refractivity contribution in [2.24, 2.45) is 11.5 Å². The molecule has 1 unspecified atom stereocenters. The molecule has 6 N–H and O–H groups in total. The summed E-state index contributed by atoms with van der Waals surface area (Å²) in [6, 6.07) is 2.56. The SMILES string of the molecule is CC(NC(=O)NC(C(N)=O)C(N)=O)c1ccccn1. The minimum absolute atomic E-state index is 0.400. The van der Waals surface area contributed by atoms with E-state index in [1.165, 1.54) is 0 Å². The number of nitrogens with zero attached hydrogens (tertiary/aromatic N) is 1. The molecule has 102 valence electrons. The lowest BCUT2D eigenvalue weighted by Gasteiger charge is -2.16. The summed E-state index contributed by atoms with van der Waals surface area (Å²) < 4.78 is 0. The van der Waals surface area contributed by atoms with Gasteiger partial charge >= 0.3 is 6.03 Å². The molecule has 0 saturated carbocycles. The van der Waals surface area contributed by atoms with Gasteiger partial charge in [0.1, 0.15) is 0 Å². The van der Waals surface area contributed by atoms with Crippen LogP contribution < -0.4 is 22.1 Å². The number of aromatic nitrogens is 1. The average molecular weight is 265 g/mol. The normalized spacial score (nSPS) is 11.7. The number of hydrogen-bond donors (Lipinski definition) is 4. The van der Waals surface area contributed by atoms with Crippen LogP contribution in [0.1, 0.15) is 18.7 Å². The second-order valence-corrected chi connectivity index (χ2v) is 3.83. The van der Waals surface area contributed by atoms with Crippen LogP contribution in [0.15, 0.2) is 24.4 Å². The highest BCUT2D eigenvalue weighted by molar-refractivity contribution is 6.05. The van der Waals surface area contributed by atoms with E-state index in [0.29, 0.717) is 5.69 Å². The maximum Gasteiger partial charge on any atom is 0.316 e. The summed E-state index contributed by atoms with van der Waals surface area (Å²) in [7, 11) is 0. The van der Waals surface area contributed by atoms with Crippen LogP contribution in [0.5, 0.6) is 0 Å². The number of rotatable bonds is 5. The molecule has 1 heterocycles. The third-order valence-corrected chi connectivity index (χ3v) is 2.32. The summed E-state index contributed by atoms with van der Waals surface area (Å²) in [5.41, 5.74) is 10.5. The minimum Gasteiger partial charge on any atom is -0.367 e. The van der Waals surface area contributed by atoms with Crippen LogP contribution in [0.3, 0.4) is 0 Å². The third kappa shape index (κ3) is 4.26. The number of pyridine rings is 1. The Labute approximate surface area is 109 Å². The van der Waals surface area contributed by atoms with Crippen molar-refractivity contribution in [2.75, 3.05) is 0 Å². The van der Waals surface area contributed by atoms with Crippen molar-refractivity contribution >= 4 is 17.8 Å². The van der Waals surface area contributed by atoms with Gasteiger partial charge in [0.2, 0.25) is 11.8 Å². The lowest BCUT2D eigenvalue weighted by molar-refractivity contribution is -0.128. The van der Waals surface area contributed by atoms with Crippen molar-refractivity contribution < 1.29 is 14.4 Å². The molecule has 0 bridgehead atoms. The molecule has 0 aliphatic heterocycles. The molecule has 8 heteroatoms. The van der Waals surface area contributed by atoms with Gasteiger partial charge in [0.15, 0.2) is 6.04 Å². The van der Waals surface area contributed by atoms with E-state index in [1.54, 1.807) is 31.3 Å². The lowest BCUT2D eigenvalue weighted by atomic mass is 10.2. The summed E-state index contributed by atoms with van der Waals surface area (Å²) in [4.78, 5) is 37.4. The second kappa shape index (κ2) is 6.34. The van der Waals surface area contributed by atoms with Gasteiger partial charge in [0.05, 0.1) is 11.7 Å². The van der Waals surface area contributed by atoms with E-state index in [0.717, 1.165) is 0 Å². The monoisotopic (exact) mass is 265 g/mol. The Hall–Kier alpha value is -2.64. The van der Waals surface area contributed by atoms with Gasteiger partial charge in [-0.1, -0.05) is 6.07 Å². The van der Waals surface area contributed by atoms with E-state index in [4.69, 9.17) is 11.5 Å². The Kier molecular flexibility index (Phi) is 4.81. The molecule has 1 rings (SSSR count). The first-order valence-electron chi connectivity index (χ1n) is 5.48. The van der Waals surface area contributed by atoms with Crippen LogP contribution in [0.2, 0.25) is 0 Å². The van der Waals surface area contributed by atoms with Gasteiger partial charge in [0.25, 0.3) is 0 Å². The molecule has 0 radical (unpaired) electrons. The molecule has 8 nitrogen and oxygen atoms in total. The maximum absolute atomic E-state index is 11.6. The highest BCUT2D eigenvalue weighted by atomic mass is 16.2. The van der Waals surface area contributed by atoms with Crippen LogP contribution in [0, 0.1) is 0 Å². The quantitative estimate of drug-likeness (QED) is 0.495. The zero-order valence-corrected chi connectivity index (χ0v) is 10.3. The van der Waals surface area contributed by atoms with Crippen LogP contribution in [0.4, 0.5) is 4.79 Å². The van der Waals surface area contributed by atoms with E-state index in [9.17, 15) is 14.4 Å². The number of hydrogen-bond acceptors (Lipinski definition) is 4. The molecule has 0 aromatic carbocycles.